The molecule has 0 aromatic heterocycles. The lowest BCUT2D eigenvalue weighted by atomic mass is 10.2. The molecule has 0 atom stereocenters. The fraction of sp³-hybridized carbons (Fsp3) is 0.455. The van der Waals surface area contributed by atoms with Crippen LogP contribution < -0.4 is 0 Å². The van der Waals surface area contributed by atoms with Gasteiger partial charge in [-0.2, -0.15) is 0 Å². The summed E-state index contributed by atoms with van der Waals surface area (Å²) in [6.45, 7) is 3.74. The van der Waals surface area contributed by atoms with Gasteiger partial charge in [0.05, 0.1) is 6.61 Å². The Bertz CT molecular complexity index is 199. The van der Waals surface area contributed by atoms with Crippen LogP contribution in [0.4, 0.5) is 0 Å². The third-order valence-electron chi connectivity index (χ3n) is 1.69. The second kappa shape index (κ2) is 5.78. The van der Waals surface area contributed by atoms with E-state index in [0.717, 1.165) is 26.1 Å². The summed E-state index contributed by atoms with van der Waals surface area (Å²) in [5.74, 6) is 0. The molecular formula is C11H16O. The highest BCUT2D eigenvalue weighted by Gasteiger charge is 1.93. The van der Waals surface area contributed by atoms with Gasteiger partial charge in [-0.15, -0.1) is 0 Å². The van der Waals surface area contributed by atoms with E-state index in [0.29, 0.717) is 0 Å². The predicted molar refractivity (Wildman–Crippen MR) is 52.1 cm³/mol. The zero-order chi connectivity index (χ0) is 8.65. The van der Waals surface area contributed by atoms with Crippen LogP contribution in [-0.2, 0) is 4.74 Å². The second-order valence-corrected chi connectivity index (χ2v) is 2.85. The van der Waals surface area contributed by atoms with Crippen molar-refractivity contribution >= 4 is 0 Å². The van der Waals surface area contributed by atoms with Crippen LogP contribution in [0.3, 0.4) is 0 Å². The Morgan fingerprint density at radius 1 is 1.42 bits per heavy atom. The van der Waals surface area contributed by atoms with Crippen LogP contribution in [0.2, 0.25) is 0 Å². The van der Waals surface area contributed by atoms with E-state index in [2.05, 4.69) is 37.3 Å². The average Bonchev–Trinajstić information content (AvgIpc) is 2.33. The average molecular weight is 164 g/mol. The largest absolute Gasteiger partial charge is 0.377 e. The Hall–Kier alpha value is -0.820. The minimum atomic E-state index is 0.756. The van der Waals surface area contributed by atoms with E-state index >= 15 is 0 Å². The smallest absolute Gasteiger partial charge is 0.0713 e. The highest BCUT2D eigenvalue weighted by Crippen LogP contribution is 2.05. The first-order chi connectivity index (χ1) is 5.93. The van der Waals surface area contributed by atoms with Gasteiger partial charge >= 0.3 is 0 Å². The summed E-state index contributed by atoms with van der Waals surface area (Å²) in [4.78, 5) is 0. The molecule has 1 aliphatic rings. The maximum atomic E-state index is 5.43. The highest BCUT2D eigenvalue weighted by atomic mass is 16.5. The SMILES string of the molecule is CCCOCC1=CCC=CC=C1. The third kappa shape index (κ3) is 3.54. The zero-order valence-electron chi connectivity index (χ0n) is 7.62. The molecule has 0 fully saturated rings. The van der Waals surface area contributed by atoms with Crippen LogP contribution in [0.15, 0.2) is 36.0 Å². The molecule has 0 N–H and O–H groups in total. The van der Waals surface area contributed by atoms with Crippen LogP contribution in [0.25, 0.3) is 0 Å². The van der Waals surface area contributed by atoms with Gasteiger partial charge in [0.2, 0.25) is 0 Å². The summed E-state index contributed by atoms with van der Waals surface area (Å²) >= 11 is 0. The number of ether oxygens (including phenoxy) is 1. The topological polar surface area (TPSA) is 9.23 Å². The van der Waals surface area contributed by atoms with Gasteiger partial charge in [-0.1, -0.05) is 37.3 Å². The molecular weight excluding hydrogens is 148 g/mol. The fourth-order valence-electron chi connectivity index (χ4n) is 1.07. The summed E-state index contributed by atoms with van der Waals surface area (Å²) in [5, 5.41) is 0. The molecule has 1 rings (SSSR count). The normalized spacial score (nSPS) is 15.9. The first kappa shape index (κ1) is 9.27. The Balaban J connectivity index is 2.27. The van der Waals surface area contributed by atoms with Gasteiger partial charge in [0.1, 0.15) is 0 Å². The van der Waals surface area contributed by atoms with Gasteiger partial charge in [0, 0.05) is 6.61 Å². The van der Waals surface area contributed by atoms with Crippen molar-refractivity contribution in [2.75, 3.05) is 13.2 Å². The molecule has 1 aliphatic carbocycles. The Kier molecular flexibility index (Phi) is 4.47. The monoisotopic (exact) mass is 164 g/mol. The van der Waals surface area contributed by atoms with E-state index in [9.17, 15) is 0 Å². The number of hydrogen-bond donors (Lipinski definition) is 0. The molecule has 1 nitrogen and oxygen atoms in total. The summed E-state index contributed by atoms with van der Waals surface area (Å²) < 4.78 is 5.43. The maximum absolute atomic E-state index is 5.43. The van der Waals surface area contributed by atoms with Crippen LogP contribution >= 0.6 is 0 Å². The molecule has 0 aromatic carbocycles. The van der Waals surface area contributed by atoms with Gasteiger partial charge in [0.25, 0.3) is 0 Å². The molecule has 66 valence electrons. The summed E-state index contributed by atoms with van der Waals surface area (Å²) in [5.41, 5.74) is 1.29. The third-order valence-corrected chi connectivity index (χ3v) is 1.69. The van der Waals surface area contributed by atoms with Crippen LogP contribution in [0.1, 0.15) is 19.8 Å². The van der Waals surface area contributed by atoms with Gasteiger partial charge in [-0.3, -0.25) is 0 Å². The molecule has 0 unspecified atom stereocenters. The molecule has 0 amide bonds. The number of allylic oxidation sites excluding steroid dienone is 4. The minimum absolute atomic E-state index is 0.756. The van der Waals surface area contributed by atoms with Gasteiger partial charge in [0.15, 0.2) is 0 Å². The molecule has 0 saturated heterocycles. The van der Waals surface area contributed by atoms with Crippen molar-refractivity contribution in [2.24, 2.45) is 0 Å². The molecule has 0 saturated carbocycles. The maximum Gasteiger partial charge on any atom is 0.0713 e. The van der Waals surface area contributed by atoms with Crippen molar-refractivity contribution in [3.63, 3.8) is 0 Å². The van der Waals surface area contributed by atoms with E-state index in [1.807, 2.05) is 0 Å². The predicted octanol–water partition coefficient (Wildman–Crippen LogP) is 2.86. The fourth-order valence-corrected chi connectivity index (χ4v) is 1.07. The summed E-state index contributed by atoms with van der Waals surface area (Å²) in [6, 6.07) is 0. The number of rotatable bonds is 4. The molecule has 0 aliphatic heterocycles. The van der Waals surface area contributed by atoms with E-state index in [4.69, 9.17) is 4.74 Å². The van der Waals surface area contributed by atoms with E-state index in [-0.39, 0.29) is 0 Å². The molecule has 1 heteroatoms. The first-order valence-electron chi connectivity index (χ1n) is 4.53. The molecule has 0 heterocycles. The van der Waals surface area contributed by atoms with E-state index < -0.39 is 0 Å². The van der Waals surface area contributed by atoms with Crippen molar-refractivity contribution in [2.45, 2.75) is 19.8 Å². The lowest BCUT2D eigenvalue weighted by Crippen LogP contribution is -1.97. The lowest BCUT2D eigenvalue weighted by molar-refractivity contribution is 0.158. The Labute approximate surface area is 74.4 Å². The van der Waals surface area contributed by atoms with Crippen molar-refractivity contribution in [1.29, 1.82) is 0 Å². The molecule has 12 heavy (non-hydrogen) atoms. The molecule has 0 bridgehead atoms. The van der Waals surface area contributed by atoms with Crippen LogP contribution in [0, 0.1) is 0 Å². The lowest BCUT2D eigenvalue weighted by Gasteiger charge is -2.02. The first-order valence-corrected chi connectivity index (χ1v) is 4.53. The molecule has 0 aromatic rings. The molecule has 0 spiro atoms. The van der Waals surface area contributed by atoms with E-state index in [1.165, 1.54) is 5.57 Å². The Morgan fingerprint density at radius 2 is 2.33 bits per heavy atom. The van der Waals surface area contributed by atoms with Crippen LogP contribution in [0.5, 0.6) is 0 Å². The van der Waals surface area contributed by atoms with Crippen molar-refractivity contribution in [3.05, 3.63) is 36.0 Å². The zero-order valence-corrected chi connectivity index (χ0v) is 7.62. The summed E-state index contributed by atoms with van der Waals surface area (Å²) in [7, 11) is 0. The summed E-state index contributed by atoms with van der Waals surface area (Å²) in [6.07, 6.45) is 12.7. The highest BCUT2D eigenvalue weighted by molar-refractivity contribution is 5.26. The standard InChI is InChI=1S/C11H16O/c1-2-9-12-10-11-7-5-3-4-6-8-11/h3-5,7-8H,2,6,9-10H2,1H3. The van der Waals surface area contributed by atoms with Crippen molar-refractivity contribution in [3.8, 4) is 0 Å². The number of hydrogen-bond acceptors (Lipinski definition) is 1. The molecule has 0 radical (unpaired) electrons. The van der Waals surface area contributed by atoms with Gasteiger partial charge in [-0.25, -0.2) is 0 Å². The van der Waals surface area contributed by atoms with Crippen molar-refractivity contribution in [1.82, 2.24) is 0 Å². The van der Waals surface area contributed by atoms with Gasteiger partial charge in [-0.05, 0) is 18.4 Å². The van der Waals surface area contributed by atoms with Crippen LogP contribution in [-0.4, -0.2) is 13.2 Å². The van der Waals surface area contributed by atoms with Crippen molar-refractivity contribution < 1.29 is 4.74 Å². The quantitative estimate of drug-likeness (QED) is 0.580. The van der Waals surface area contributed by atoms with Gasteiger partial charge < -0.3 is 4.74 Å². The second-order valence-electron chi connectivity index (χ2n) is 2.85. The minimum Gasteiger partial charge on any atom is -0.377 e. The Morgan fingerprint density at radius 3 is 3.17 bits per heavy atom. The van der Waals surface area contributed by atoms with E-state index in [1.54, 1.807) is 0 Å².